The number of allylic oxidation sites excluding steroid dienone is 1. The van der Waals surface area contributed by atoms with Gasteiger partial charge in [-0.3, -0.25) is 0 Å². The van der Waals surface area contributed by atoms with Gasteiger partial charge in [-0.2, -0.15) is 0 Å². The van der Waals surface area contributed by atoms with Gasteiger partial charge in [0.2, 0.25) is 0 Å². The van der Waals surface area contributed by atoms with E-state index in [9.17, 15) is 13.2 Å². The van der Waals surface area contributed by atoms with Gasteiger partial charge in [-0.25, -0.2) is 0 Å². The largest absolute Gasteiger partial charge is 0.573 e. The highest BCUT2D eigenvalue weighted by atomic mass is 19.4. The summed E-state index contributed by atoms with van der Waals surface area (Å²) in [5.41, 5.74) is 1.94. The van der Waals surface area contributed by atoms with Gasteiger partial charge in [0.15, 0.2) is 0 Å². The molecule has 1 N–H and O–H groups in total. The molecule has 0 aliphatic carbocycles. The molecule has 1 aromatic rings. The van der Waals surface area contributed by atoms with E-state index in [1.807, 2.05) is 25.1 Å². The van der Waals surface area contributed by atoms with Crippen LogP contribution in [-0.4, -0.2) is 18.3 Å². The van der Waals surface area contributed by atoms with Gasteiger partial charge in [-0.05, 0) is 24.6 Å². The van der Waals surface area contributed by atoms with Gasteiger partial charge in [-0.1, -0.05) is 12.1 Å². The van der Waals surface area contributed by atoms with Gasteiger partial charge in [0.05, 0.1) is 0 Å². The van der Waals surface area contributed by atoms with Crippen molar-refractivity contribution in [2.45, 2.75) is 19.5 Å². The van der Waals surface area contributed by atoms with Crippen LogP contribution >= 0.6 is 0 Å². The number of nitrogens with one attached hydrogen (secondary N) is 1. The third kappa shape index (κ3) is 2.69. The molecular weight excluding hydrogens is 245 g/mol. The minimum atomic E-state index is -4.65. The van der Waals surface area contributed by atoms with Crippen molar-refractivity contribution >= 4 is 0 Å². The monoisotopic (exact) mass is 258 g/mol. The van der Waals surface area contributed by atoms with Crippen LogP contribution in [-0.2, 0) is 0 Å². The van der Waals surface area contributed by atoms with Crippen molar-refractivity contribution in [3.8, 4) is 5.75 Å². The van der Waals surface area contributed by atoms with E-state index < -0.39 is 6.36 Å². The lowest BCUT2D eigenvalue weighted by Crippen LogP contribution is -2.24. The van der Waals surface area contributed by atoms with Gasteiger partial charge in [0.1, 0.15) is 11.9 Å². The van der Waals surface area contributed by atoms with Crippen LogP contribution in [0.15, 0.2) is 36.2 Å². The Kier molecular flexibility index (Phi) is 3.11. The molecule has 1 unspecified atom stereocenters. The Morgan fingerprint density at radius 2 is 1.83 bits per heavy atom. The van der Waals surface area contributed by atoms with Crippen molar-refractivity contribution in [1.82, 2.24) is 10.2 Å². The summed E-state index contributed by atoms with van der Waals surface area (Å²) in [7, 11) is 1.91. The predicted molar refractivity (Wildman–Crippen MR) is 60.5 cm³/mol. The van der Waals surface area contributed by atoms with E-state index in [1.54, 1.807) is 12.1 Å². The lowest BCUT2D eigenvalue weighted by atomic mass is 10.1. The molecular formula is C12H13F3N2O. The van der Waals surface area contributed by atoms with Crippen molar-refractivity contribution in [2.24, 2.45) is 0 Å². The van der Waals surface area contributed by atoms with E-state index in [2.05, 4.69) is 10.1 Å². The van der Waals surface area contributed by atoms with E-state index in [1.165, 1.54) is 12.1 Å². The Labute approximate surface area is 103 Å². The van der Waals surface area contributed by atoms with Crippen LogP contribution in [0.1, 0.15) is 18.7 Å². The molecule has 1 aliphatic rings. The van der Waals surface area contributed by atoms with Crippen LogP contribution in [0, 0.1) is 0 Å². The van der Waals surface area contributed by atoms with Crippen LogP contribution in [0.3, 0.4) is 0 Å². The number of halogens is 3. The lowest BCUT2D eigenvalue weighted by Gasteiger charge is -2.24. The van der Waals surface area contributed by atoms with Crippen molar-refractivity contribution in [3.05, 3.63) is 41.7 Å². The van der Waals surface area contributed by atoms with Crippen LogP contribution in [0.5, 0.6) is 5.75 Å². The normalized spacial score (nSPS) is 19.5. The number of rotatable bonds is 2. The smallest absolute Gasteiger partial charge is 0.406 e. The Balaban J connectivity index is 2.09. The Morgan fingerprint density at radius 1 is 1.22 bits per heavy atom. The third-order valence-corrected chi connectivity index (χ3v) is 2.82. The fourth-order valence-corrected chi connectivity index (χ4v) is 1.79. The second-order valence-corrected chi connectivity index (χ2v) is 4.08. The average molecular weight is 258 g/mol. The summed E-state index contributed by atoms with van der Waals surface area (Å²) < 4.78 is 39.8. The van der Waals surface area contributed by atoms with Crippen LogP contribution in [0.25, 0.3) is 0 Å². The van der Waals surface area contributed by atoms with Crippen molar-refractivity contribution in [2.75, 3.05) is 7.05 Å². The SMILES string of the molecule is CC1=CNC(c2ccc(OC(F)(F)F)cc2)N1C. The van der Waals surface area contributed by atoms with Crippen molar-refractivity contribution in [1.29, 1.82) is 0 Å². The molecule has 1 aliphatic heterocycles. The van der Waals surface area contributed by atoms with Gasteiger partial charge in [-0.15, -0.1) is 13.2 Å². The third-order valence-electron chi connectivity index (χ3n) is 2.82. The van der Waals surface area contributed by atoms with Crippen LogP contribution < -0.4 is 10.1 Å². The topological polar surface area (TPSA) is 24.5 Å². The summed E-state index contributed by atoms with van der Waals surface area (Å²) in [5, 5.41) is 3.14. The molecule has 0 amide bonds. The standard InChI is InChI=1S/C12H13F3N2O/c1-8-7-16-11(17(8)2)9-3-5-10(6-4-9)18-12(13,14)15/h3-7,11,16H,1-2H3. The highest BCUT2D eigenvalue weighted by Gasteiger charge is 2.31. The van der Waals surface area contributed by atoms with Gasteiger partial charge < -0.3 is 15.0 Å². The average Bonchev–Trinajstić information content (AvgIpc) is 2.59. The maximum Gasteiger partial charge on any atom is 0.573 e. The quantitative estimate of drug-likeness (QED) is 0.882. The van der Waals surface area contributed by atoms with Gasteiger partial charge >= 0.3 is 6.36 Å². The maximum absolute atomic E-state index is 12.0. The molecule has 1 aromatic carbocycles. The molecule has 0 fully saturated rings. The van der Waals surface area contributed by atoms with Gasteiger partial charge in [0.25, 0.3) is 0 Å². The highest BCUT2D eigenvalue weighted by molar-refractivity contribution is 5.30. The molecule has 0 aromatic heterocycles. The van der Waals surface area contributed by atoms with E-state index >= 15 is 0 Å². The van der Waals surface area contributed by atoms with Gasteiger partial charge in [0, 0.05) is 18.9 Å². The fraction of sp³-hybridized carbons (Fsp3) is 0.333. The second-order valence-electron chi connectivity index (χ2n) is 4.08. The lowest BCUT2D eigenvalue weighted by molar-refractivity contribution is -0.274. The molecule has 0 spiro atoms. The number of benzene rings is 1. The summed E-state index contributed by atoms with van der Waals surface area (Å²) in [6.45, 7) is 1.95. The molecule has 0 bridgehead atoms. The zero-order valence-electron chi connectivity index (χ0n) is 9.95. The molecule has 1 heterocycles. The summed E-state index contributed by atoms with van der Waals surface area (Å²) >= 11 is 0. The van der Waals surface area contributed by atoms with Crippen molar-refractivity contribution < 1.29 is 17.9 Å². The Morgan fingerprint density at radius 3 is 2.28 bits per heavy atom. The molecule has 98 valence electrons. The first kappa shape index (κ1) is 12.6. The fourth-order valence-electron chi connectivity index (χ4n) is 1.79. The first-order valence-electron chi connectivity index (χ1n) is 5.38. The van der Waals surface area contributed by atoms with E-state index in [0.29, 0.717) is 0 Å². The summed E-state index contributed by atoms with van der Waals surface area (Å²) in [4.78, 5) is 2.00. The van der Waals surface area contributed by atoms with E-state index in [-0.39, 0.29) is 11.9 Å². The van der Waals surface area contributed by atoms with Crippen LogP contribution in [0.2, 0.25) is 0 Å². The summed E-state index contributed by atoms with van der Waals surface area (Å²) in [6.07, 6.45) is -2.84. The predicted octanol–water partition coefficient (Wildman–Crippen LogP) is 2.98. The molecule has 1 atom stereocenters. The summed E-state index contributed by atoms with van der Waals surface area (Å²) in [6, 6.07) is 5.85. The zero-order valence-corrected chi connectivity index (χ0v) is 9.95. The Bertz CT molecular complexity index is 453. The minimum Gasteiger partial charge on any atom is -0.406 e. The van der Waals surface area contributed by atoms with E-state index in [4.69, 9.17) is 0 Å². The highest BCUT2D eigenvalue weighted by Crippen LogP contribution is 2.28. The number of ether oxygens (including phenoxy) is 1. The van der Waals surface area contributed by atoms with Crippen LogP contribution in [0.4, 0.5) is 13.2 Å². The molecule has 2 rings (SSSR count). The second kappa shape index (κ2) is 4.44. The number of nitrogens with zero attached hydrogens (tertiary/aromatic N) is 1. The molecule has 3 nitrogen and oxygen atoms in total. The first-order valence-corrected chi connectivity index (χ1v) is 5.38. The minimum absolute atomic E-state index is 0.0510. The first-order chi connectivity index (χ1) is 8.37. The zero-order chi connectivity index (χ0) is 13.3. The number of hydrogen-bond acceptors (Lipinski definition) is 3. The molecule has 6 heteroatoms. The molecule has 18 heavy (non-hydrogen) atoms. The number of alkyl halides is 3. The Hall–Kier alpha value is -1.85. The van der Waals surface area contributed by atoms with E-state index in [0.717, 1.165) is 11.3 Å². The number of hydrogen-bond donors (Lipinski definition) is 1. The maximum atomic E-state index is 12.0. The van der Waals surface area contributed by atoms with Crippen molar-refractivity contribution in [3.63, 3.8) is 0 Å². The molecule has 0 saturated heterocycles. The molecule has 0 radical (unpaired) electrons. The summed E-state index contributed by atoms with van der Waals surface area (Å²) in [5.74, 6) is -0.211. The molecule has 0 saturated carbocycles.